The number of para-hydroxylation sites is 1. The largest absolute Gasteiger partial charge is 0.322 e. The zero-order valence-corrected chi connectivity index (χ0v) is 15.2. The van der Waals surface area contributed by atoms with E-state index in [1.807, 2.05) is 30.3 Å². The molecule has 2 heterocycles. The summed E-state index contributed by atoms with van der Waals surface area (Å²) in [5.74, 6) is 0.430. The highest BCUT2D eigenvalue weighted by molar-refractivity contribution is 5.89. The second-order valence-corrected chi connectivity index (χ2v) is 6.54. The van der Waals surface area contributed by atoms with Crippen LogP contribution >= 0.6 is 0 Å². The Hall–Kier alpha value is -3.33. The lowest BCUT2D eigenvalue weighted by Crippen LogP contribution is -2.49. The van der Waals surface area contributed by atoms with Crippen LogP contribution in [-0.2, 0) is 6.54 Å². The summed E-state index contributed by atoms with van der Waals surface area (Å²) in [5.41, 5.74) is 1.50. The molecule has 0 unspecified atom stereocenters. The molecule has 4 rings (SSSR count). The summed E-state index contributed by atoms with van der Waals surface area (Å²) < 4.78 is 14.7. The number of hydrogen-bond acceptors (Lipinski definition) is 5. The zero-order chi connectivity index (χ0) is 19.3. The van der Waals surface area contributed by atoms with Crippen LogP contribution in [0, 0.1) is 5.82 Å². The number of nitrogens with zero attached hydrogens (tertiary/aromatic N) is 6. The van der Waals surface area contributed by atoms with Crippen molar-refractivity contribution in [3.8, 4) is 5.69 Å². The number of rotatable bonds is 4. The molecule has 144 valence electrons. The molecular formula is C19H20FN7O. The number of amides is 2. The highest BCUT2D eigenvalue weighted by atomic mass is 19.1. The van der Waals surface area contributed by atoms with E-state index < -0.39 is 0 Å². The average Bonchev–Trinajstić information content (AvgIpc) is 3.19. The fourth-order valence-electron chi connectivity index (χ4n) is 3.12. The summed E-state index contributed by atoms with van der Waals surface area (Å²) in [6, 6.07) is 15.3. The predicted octanol–water partition coefficient (Wildman–Crippen LogP) is 2.15. The molecule has 1 N–H and O–H groups in total. The minimum absolute atomic E-state index is 0.180. The monoisotopic (exact) mass is 381 g/mol. The van der Waals surface area contributed by atoms with Gasteiger partial charge >= 0.3 is 6.03 Å². The molecule has 1 aliphatic rings. The van der Waals surface area contributed by atoms with Crippen LogP contribution in [0.15, 0.2) is 54.6 Å². The van der Waals surface area contributed by atoms with E-state index in [2.05, 4.69) is 25.7 Å². The summed E-state index contributed by atoms with van der Waals surface area (Å²) >= 11 is 0. The van der Waals surface area contributed by atoms with E-state index in [1.165, 1.54) is 12.1 Å². The third kappa shape index (κ3) is 4.15. The topological polar surface area (TPSA) is 79.2 Å². The van der Waals surface area contributed by atoms with Gasteiger partial charge in [-0.1, -0.05) is 18.2 Å². The molecule has 1 fully saturated rings. The molecule has 2 amide bonds. The quantitative estimate of drug-likeness (QED) is 0.749. The Morgan fingerprint density at radius 3 is 2.43 bits per heavy atom. The lowest BCUT2D eigenvalue weighted by atomic mass is 10.3. The number of urea groups is 1. The second-order valence-electron chi connectivity index (χ2n) is 6.54. The molecule has 1 aromatic heterocycles. The maximum atomic E-state index is 13.0. The molecule has 1 aliphatic heterocycles. The molecule has 8 nitrogen and oxygen atoms in total. The Balaban J connectivity index is 1.32. The van der Waals surface area contributed by atoms with Gasteiger partial charge in [0.25, 0.3) is 0 Å². The van der Waals surface area contributed by atoms with Gasteiger partial charge in [0.1, 0.15) is 5.82 Å². The molecule has 0 spiro atoms. The number of carbonyl (C=O) groups excluding carboxylic acids is 1. The van der Waals surface area contributed by atoms with Crippen LogP contribution in [0.4, 0.5) is 14.9 Å². The molecular weight excluding hydrogens is 361 g/mol. The van der Waals surface area contributed by atoms with E-state index in [0.717, 1.165) is 24.6 Å². The van der Waals surface area contributed by atoms with Gasteiger partial charge in [-0.15, -0.1) is 5.10 Å². The SMILES string of the molecule is O=C(Nc1ccc(F)cc1)N1CCN(Cc2nnnn2-c2ccccc2)CC1. The van der Waals surface area contributed by atoms with Crippen LogP contribution in [0.25, 0.3) is 5.69 Å². The minimum Gasteiger partial charge on any atom is -0.322 e. The van der Waals surface area contributed by atoms with E-state index in [9.17, 15) is 9.18 Å². The summed E-state index contributed by atoms with van der Waals surface area (Å²) in [5, 5.41) is 14.8. The van der Waals surface area contributed by atoms with Crippen molar-refractivity contribution >= 4 is 11.7 Å². The Morgan fingerprint density at radius 1 is 1.00 bits per heavy atom. The molecule has 0 atom stereocenters. The van der Waals surface area contributed by atoms with E-state index in [-0.39, 0.29) is 11.8 Å². The van der Waals surface area contributed by atoms with Gasteiger partial charge in [0, 0.05) is 31.9 Å². The summed E-state index contributed by atoms with van der Waals surface area (Å²) in [4.78, 5) is 16.3. The van der Waals surface area contributed by atoms with E-state index in [1.54, 1.807) is 21.7 Å². The van der Waals surface area contributed by atoms with Gasteiger partial charge in [-0.2, -0.15) is 4.68 Å². The standard InChI is InChI=1S/C19H20FN7O/c20-15-6-8-16(9-7-15)21-19(28)26-12-10-25(11-13-26)14-18-22-23-24-27(18)17-4-2-1-3-5-17/h1-9H,10-14H2,(H,21,28). The third-order valence-electron chi connectivity index (χ3n) is 4.65. The number of nitrogens with one attached hydrogen (secondary N) is 1. The average molecular weight is 381 g/mol. The molecule has 0 radical (unpaired) electrons. The fraction of sp³-hybridized carbons (Fsp3) is 0.263. The number of halogens is 1. The fourth-order valence-corrected chi connectivity index (χ4v) is 3.12. The van der Waals surface area contributed by atoms with Gasteiger partial charge in [-0.05, 0) is 46.8 Å². The zero-order valence-electron chi connectivity index (χ0n) is 15.2. The maximum Gasteiger partial charge on any atom is 0.321 e. The Bertz CT molecular complexity index is 921. The maximum absolute atomic E-state index is 13.0. The number of anilines is 1. The lowest BCUT2D eigenvalue weighted by molar-refractivity contribution is 0.140. The van der Waals surface area contributed by atoms with Gasteiger partial charge in [0.15, 0.2) is 5.82 Å². The molecule has 0 bridgehead atoms. The van der Waals surface area contributed by atoms with Crippen molar-refractivity contribution in [1.29, 1.82) is 0 Å². The number of aromatic nitrogens is 4. The first-order valence-electron chi connectivity index (χ1n) is 9.05. The van der Waals surface area contributed by atoms with Crippen LogP contribution in [0.2, 0.25) is 0 Å². The van der Waals surface area contributed by atoms with Crippen molar-refractivity contribution in [3.63, 3.8) is 0 Å². The van der Waals surface area contributed by atoms with Gasteiger partial charge in [-0.3, -0.25) is 4.90 Å². The Labute approximate surface area is 161 Å². The van der Waals surface area contributed by atoms with Crippen molar-refractivity contribution in [2.45, 2.75) is 6.54 Å². The van der Waals surface area contributed by atoms with Crippen molar-refractivity contribution in [2.75, 3.05) is 31.5 Å². The van der Waals surface area contributed by atoms with Gasteiger partial charge < -0.3 is 10.2 Å². The molecule has 0 saturated carbocycles. The van der Waals surface area contributed by atoms with Crippen molar-refractivity contribution < 1.29 is 9.18 Å². The highest BCUT2D eigenvalue weighted by Gasteiger charge is 2.23. The molecule has 28 heavy (non-hydrogen) atoms. The molecule has 1 saturated heterocycles. The first-order valence-corrected chi connectivity index (χ1v) is 9.05. The second kappa shape index (κ2) is 8.13. The number of hydrogen-bond donors (Lipinski definition) is 1. The number of piperazine rings is 1. The predicted molar refractivity (Wildman–Crippen MR) is 101 cm³/mol. The minimum atomic E-state index is -0.329. The van der Waals surface area contributed by atoms with Crippen molar-refractivity contribution in [3.05, 3.63) is 66.2 Å². The van der Waals surface area contributed by atoms with Crippen LogP contribution in [0.5, 0.6) is 0 Å². The van der Waals surface area contributed by atoms with Gasteiger partial charge in [0.2, 0.25) is 0 Å². The lowest BCUT2D eigenvalue weighted by Gasteiger charge is -2.34. The van der Waals surface area contributed by atoms with E-state index >= 15 is 0 Å². The molecule has 9 heteroatoms. The van der Waals surface area contributed by atoms with Crippen LogP contribution in [0.1, 0.15) is 5.82 Å². The summed E-state index contributed by atoms with van der Waals surface area (Å²) in [6.45, 7) is 3.24. The Kier molecular flexibility index (Phi) is 5.24. The van der Waals surface area contributed by atoms with Crippen molar-refractivity contribution in [1.82, 2.24) is 30.0 Å². The molecule has 2 aromatic carbocycles. The highest BCUT2D eigenvalue weighted by Crippen LogP contribution is 2.13. The first kappa shape index (κ1) is 18.1. The summed E-state index contributed by atoms with van der Waals surface area (Å²) in [6.07, 6.45) is 0. The normalized spacial score (nSPS) is 14.8. The summed E-state index contributed by atoms with van der Waals surface area (Å²) in [7, 11) is 0. The van der Waals surface area contributed by atoms with Crippen molar-refractivity contribution in [2.24, 2.45) is 0 Å². The Morgan fingerprint density at radius 2 is 1.71 bits per heavy atom. The first-order chi connectivity index (χ1) is 13.7. The number of carbonyl (C=O) groups is 1. The number of benzene rings is 2. The van der Waals surface area contributed by atoms with E-state index in [0.29, 0.717) is 25.3 Å². The van der Waals surface area contributed by atoms with E-state index in [4.69, 9.17) is 0 Å². The third-order valence-corrected chi connectivity index (χ3v) is 4.65. The number of tetrazole rings is 1. The smallest absolute Gasteiger partial charge is 0.321 e. The van der Waals surface area contributed by atoms with Crippen LogP contribution < -0.4 is 5.32 Å². The molecule has 0 aliphatic carbocycles. The van der Waals surface area contributed by atoms with Crippen LogP contribution in [-0.4, -0.2) is 62.2 Å². The van der Waals surface area contributed by atoms with Gasteiger partial charge in [0.05, 0.1) is 12.2 Å². The van der Waals surface area contributed by atoms with Gasteiger partial charge in [-0.25, -0.2) is 9.18 Å². The van der Waals surface area contributed by atoms with Crippen LogP contribution in [0.3, 0.4) is 0 Å². The molecule has 3 aromatic rings.